The first-order valence-corrected chi connectivity index (χ1v) is 9.10. The molecule has 1 heterocycles. The van der Waals surface area contributed by atoms with Gasteiger partial charge in [0.2, 0.25) is 5.91 Å². The zero-order valence-electron chi connectivity index (χ0n) is 16.3. The highest BCUT2D eigenvalue weighted by atomic mass is 127. The van der Waals surface area contributed by atoms with Crippen molar-refractivity contribution < 1.29 is 14.3 Å². The van der Waals surface area contributed by atoms with Gasteiger partial charge < -0.3 is 25.4 Å². The number of nitrogens with one attached hydrogen (secondary N) is 3. The lowest BCUT2D eigenvalue weighted by atomic mass is 10.0. The van der Waals surface area contributed by atoms with Crippen LogP contribution in [0.3, 0.4) is 0 Å². The maximum Gasteiger partial charge on any atom is 0.242 e. The Morgan fingerprint density at radius 3 is 2.59 bits per heavy atom. The Morgan fingerprint density at radius 1 is 1.26 bits per heavy atom. The second-order valence-corrected chi connectivity index (χ2v) is 6.58. The monoisotopic (exact) mass is 490 g/mol. The van der Waals surface area contributed by atoms with Gasteiger partial charge in [-0.3, -0.25) is 4.79 Å². The Balaban J connectivity index is 0.00000364. The molecular formula is C19H31IN4O3. The third-order valence-corrected chi connectivity index (χ3v) is 4.30. The molecule has 1 fully saturated rings. The number of guanidine groups is 1. The van der Waals surface area contributed by atoms with Crippen LogP contribution in [0.5, 0.6) is 5.75 Å². The number of carbonyl (C=O) groups is 1. The Labute approximate surface area is 178 Å². The quantitative estimate of drug-likeness (QED) is 0.295. The predicted molar refractivity (Wildman–Crippen MR) is 118 cm³/mol. The molecule has 8 heteroatoms. The van der Waals surface area contributed by atoms with Crippen molar-refractivity contribution in [3.05, 3.63) is 29.8 Å². The van der Waals surface area contributed by atoms with Crippen LogP contribution in [0.15, 0.2) is 29.3 Å². The molecule has 1 aliphatic heterocycles. The molecule has 2 rings (SSSR count). The van der Waals surface area contributed by atoms with E-state index in [2.05, 4.69) is 27.9 Å². The summed E-state index contributed by atoms with van der Waals surface area (Å²) in [6, 6.07) is 7.60. The van der Waals surface area contributed by atoms with E-state index < -0.39 is 0 Å². The van der Waals surface area contributed by atoms with Crippen molar-refractivity contribution in [3.8, 4) is 5.75 Å². The molecule has 1 aromatic rings. The van der Waals surface area contributed by atoms with Crippen LogP contribution < -0.4 is 20.7 Å². The Hall–Kier alpha value is -1.55. The second kappa shape index (κ2) is 12.0. The average Bonchev–Trinajstić information content (AvgIpc) is 3.09. The molecule has 1 saturated heterocycles. The molecule has 152 valence electrons. The van der Waals surface area contributed by atoms with E-state index in [1.54, 1.807) is 7.11 Å². The average molecular weight is 490 g/mol. The molecule has 1 aromatic carbocycles. The smallest absolute Gasteiger partial charge is 0.242 e. The molecule has 3 N–H and O–H groups in total. The fourth-order valence-electron chi connectivity index (χ4n) is 2.74. The Kier molecular flexibility index (Phi) is 10.5. The molecule has 0 saturated carbocycles. The summed E-state index contributed by atoms with van der Waals surface area (Å²) in [5.41, 5.74) is 0.853. The molecule has 0 aliphatic carbocycles. The summed E-state index contributed by atoms with van der Waals surface area (Å²) in [5.74, 6) is 1.30. The van der Waals surface area contributed by atoms with Crippen LogP contribution in [0.1, 0.15) is 32.3 Å². The van der Waals surface area contributed by atoms with Crippen molar-refractivity contribution in [3.63, 3.8) is 0 Å². The standard InChI is InChI=1S/C19H30N4O3.HI/c1-4-20-18(23-14-19(2)10-5-11-26-19)22-13-17(24)21-12-15-6-8-16(25-3)9-7-15;/h6-9H,4-5,10-14H2,1-3H3,(H,21,24)(H2,20,22,23);1H. The van der Waals surface area contributed by atoms with Gasteiger partial charge in [0.15, 0.2) is 5.96 Å². The zero-order chi connectivity index (χ0) is 18.8. The maximum atomic E-state index is 12.0. The molecule has 0 radical (unpaired) electrons. The molecule has 0 aromatic heterocycles. The molecule has 0 spiro atoms. The first-order valence-electron chi connectivity index (χ1n) is 9.10. The van der Waals surface area contributed by atoms with Crippen LogP contribution in [-0.4, -0.2) is 50.8 Å². The lowest BCUT2D eigenvalue weighted by molar-refractivity contribution is -0.119. The number of benzene rings is 1. The lowest BCUT2D eigenvalue weighted by Gasteiger charge is -2.24. The second-order valence-electron chi connectivity index (χ2n) is 6.58. The number of rotatable bonds is 8. The number of hydrogen-bond donors (Lipinski definition) is 3. The molecule has 27 heavy (non-hydrogen) atoms. The van der Waals surface area contributed by atoms with Crippen molar-refractivity contribution >= 4 is 35.8 Å². The Bertz CT molecular complexity index is 601. The van der Waals surface area contributed by atoms with Gasteiger partial charge in [0, 0.05) is 26.2 Å². The third kappa shape index (κ3) is 8.34. The van der Waals surface area contributed by atoms with Gasteiger partial charge in [0.25, 0.3) is 0 Å². The molecule has 0 bridgehead atoms. The van der Waals surface area contributed by atoms with E-state index in [4.69, 9.17) is 9.47 Å². The van der Waals surface area contributed by atoms with Gasteiger partial charge in [0.05, 0.1) is 12.7 Å². The minimum Gasteiger partial charge on any atom is -0.497 e. The van der Waals surface area contributed by atoms with Crippen LogP contribution in [0.4, 0.5) is 0 Å². The van der Waals surface area contributed by atoms with Crippen LogP contribution in [0, 0.1) is 0 Å². The first kappa shape index (κ1) is 23.5. The number of aliphatic imine (C=N–C) groups is 1. The normalized spacial score (nSPS) is 19.1. The molecular weight excluding hydrogens is 459 g/mol. The van der Waals surface area contributed by atoms with Gasteiger partial charge in [-0.15, -0.1) is 24.0 Å². The minimum atomic E-state index is -0.160. The van der Waals surface area contributed by atoms with Crippen molar-refractivity contribution in [1.29, 1.82) is 0 Å². The number of carbonyl (C=O) groups excluding carboxylic acids is 1. The predicted octanol–water partition coefficient (Wildman–Crippen LogP) is 2.05. The van der Waals surface area contributed by atoms with Gasteiger partial charge in [-0.25, -0.2) is 4.99 Å². The summed E-state index contributed by atoms with van der Waals surface area (Å²) in [6.07, 6.45) is 2.11. The Morgan fingerprint density at radius 2 is 2.00 bits per heavy atom. The topological polar surface area (TPSA) is 84.0 Å². The van der Waals surface area contributed by atoms with E-state index in [0.29, 0.717) is 19.0 Å². The van der Waals surface area contributed by atoms with Crippen LogP contribution in [0.25, 0.3) is 0 Å². The van der Waals surface area contributed by atoms with Crippen molar-refractivity contribution in [1.82, 2.24) is 16.0 Å². The highest BCUT2D eigenvalue weighted by molar-refractivity contribution is 14.0. The number of ether oxygens (including phenoxy) is 2. The zero-order valence-corrected chi connectivity index (χ0v) is 18.7. The van der Waals surface area contributed by atoms with Crippen molar-refractivity contribution in [2.75, 3.05) is 33.4 Å². The fraction of sp³-hybridized carbons (Fsp3) is 0.579. The number of methoxy groups -OCH3 is 1. The summed E-state index contributed by atoms with van der Waals surface area (Å²) in [7, 11) is 1.63. The highest BCUT2D eigenvalue weighted by Gasteiger charge is 2.29. The minimum absolute atomic E-state index is 0. The summed E-state index contributed by atoms with van der Waals surface area (Å²) in [6.45, 7) is 6.84. The number of amides is 1. The molecule has 7 nitrogen and oxygen atoms in total. The lowest BCUT2D eigenvalue weighted by Crippen LogP contribution is -2.46. The van der Waals surface area contributed by atoms with E-state index in [9.17, 15) is 4.79 Å². The number of halogens is 1. The van der Waals surface area contributed by atoms with Crippen molar-refractivity contribution in [2.45, 2.75) is 38.8 Å². The van der Waals surface area contributed by atoms with Gasteiger partial charge in [-0.1, -0.05) is 12.1 Å². The van der Waals surface area contributed by atoms with Gasteiger partial charge in [-0.05, 0) is 44.4 Å². The third-order valence-electron chi connectivity index (χ3n) is 4.30. The summed E-state index contributed by atoms with van der Waals surface area (Å²) >= 11 is 0. The van der Waals surface area contributed by atoms with E-state index in [1.807, 2.05) is 31.2 Å². The number of nitrogens with zero attached hydrogens (tertiary/aromatic N) is 1. The summed E-state index contributed by atoms with van der Waals surface area (Å²) in [5, 5.41) is 9.29. The van der Waals surface area contributed by atoms with Gasteiger partial charge >= 0.3 is 0 Å². The van der Waals surface area contributed by atoms with E-state index >= 15 is 0 Å². The maximum absolute atomic E-state index is 12.0. The van der Waals surface area contributed by atoms with E-state index in [0.717, 1.165) is 37.3 Å². The molecule has 1 amide bonds. The fourth-order valence-corrected chi connectivity index (χ4v) is 2.74. The summed E-state index contributed by atoms with van der Waals surface area (Å²) in [4.78, 5) is 16.4. The van der Waals surface area contributed by atoms with Crippen LogP contribution >= 0.6 is 24.0 Å². The van der Waals surface area contributed by atoms with Crippen molar-refractivity contribution in [2.24, 2.45) is 4.99 Å². The molecule has 1 unspecified atom stereocenters. The van der Waals surface area contributed by atoms with E-state index in [-0.39, 0.29) is 42.0 Å². The van der Waals surface area contributed by atoms with Crippen LogP contribution in [0.2, 0.25) is 0 Å². The molecule has 1 atom stereocenters. The summed E-state index contributed by atoms with van der Waals surface area (Å²) < 4.78 is 10.9. The van der Waals surface area contributed by atoms with Crippen LogP contribution in [-0.2, 0) is 16.1 Å². The highest BCUT2D eigenvalue weighted by Crippen LogP contribution is 2.23. The first-order chi connectivity index (χ1) is 12.5. The van der Waals surface area contributed by atoms with E-state index in [1.165, 1.54) is 0 Å². The molecule has 1 aliphatic rings. The number of hydrogen-bond acceptors (Lipinski definition) is 4. The largest absolute Gasteiger partial charge is 0.497 e. The van der Waals surface area contributed by atoms with Gasteiger partial charge in [-0.2, -0.15) is 0 Å². The SMILES string of the molecule is CCNC(=NCC(=O)NCc1ccc(OC)cc1)NCC1(C)CCCO1.I. The van der Waals surface area contributed by atoms with Gasteiger partial charge in [0.1, 0.15) is 12.3 Å².